The van der Waals surface area contributed by atoms with E-state index in [-0.39, 0.29) is 11.9 Å². The number of rotatable bonds is 2. The topological polar surface area (TPSA) is 41.6 Å². The van der Waals surface area contributed by atoms with Crippen molar-refractivity contribution in [3.63, 3.8) is 0 Å². The van der Waals surface area contributed by atoms with Crippen LogP contribution in [0.3, 0.4) is 0 Å². The highest BCUT2D eigenvalue weighted by molar-refractivity contribution is 5.95. The summed E-state index contributed by atoms with van der Waals surface area (Å²) in [4.78, 5) is 14.5. The fourth-order valence-electron chi connectivity index (χ4n) is 2.46. The SMILES string of the molecule is COc1cc(C(=O)N2CCNC(C)C2C)ccc1C. The van der Waals surface area contributed by atoms with E-state index in [0.717, 1.165) is 24.4 Å². The molecular weight excluding hydrogens is 240 g/mol. The zero-order chi connectivity index (χ0) is 14.0. The number of methoxy groups -OCH3 is 1. The van der Waals surface area contributed by atoms with Crippen LogP contribution in [-0.2, 0) is 0 Å². The van der Waals surface area contributed by atoms with Crippen molar-refractivity contribution in [3.8, 4) is 5.75 Å². The third-order valence-electron chi connectivity index (χ3n) is 3.95. The van der Waals surface area contributed by atoms with E-state index in [4.69, 9.17) is 4.74 Å². The standard InChI is InChI=1S/C15H22N2O2/c1-10-5-6-13(9-14(10)19-4)15(18)17-8-7-16-11(2)12(17)3/h5-6,9,11-12,16H,7-8H2,1-4H3. The Balaban J connectivity index is 2.23. The van der Waals surface area contributed by atoms with Crippen LogP contribution in [0.1, 0.15) is 29.8 Å². The largest absolute Gasteiger partial charge is 0.496 e. The Morgan fingerprint density at radius 2 is 2.16 bits per heavy atom. The second kappa shape index (κ2) is 5.61. The van der Waals surface area contributed by atoms with Crippen molar-refractivity contribution in [2.75, 3.05) is 20.2 Å². The van der Waals surface area contributed by atoms with Gasteiger partial charge in [0.25, 0.3) is 5.91 Å². The van der Waals surface area contributed by atoms with Crippen LogP contribution >= 0.6 is 0 Å². The molecule has 0 spiro atoms. The van der Waals surface area contributed by atoms with Crippen molar-refractivity contribution in [1.29, 1.82) is 0 Å². The fourth-order valence-corrected chi connectivity index (χ4v) is 2.46. The molecule has 1 aromatic rings. The van der Waals surface area contributed by atoms with Gasteiger partial charge in [-0.05, 0) is 38.5 Å². The van der Waals surface area contributed by atoms with Crippen molar-refractivity contribution in [2.24, 2.45) is 0 Å². The highest BCUT2D eigenvalue weighted by Crippen LogP contribution is 2.21. The molecule has 1 heterocycles. The van der Waals surface area contributed by atoms with Crippen LogP contribution in [0, 0.1) is 6.92 Å². The summed E-state index contributed by atoms with van der Waals surface area (Å²) >= 11 is 0. The minimum Gasteiger partial charge on any atom is -0.496 e. The number of nitrogens with zero attached hydrogens (tertiary/aromatic N) is 1. The van der Waals surface area contributed by atoms with Crippen LogP contribution < -0.4 is 10.1 Å². The van der Waals surface area contributed by atoms with Crippen molar-refractivity contribution in [2.45, 2.75) is 32.9 Å². The number of carbonyl (C=O) groups is 1. The normalized spacial score (nSPS) is 23.3. The number of aryl methyl sites for hydroxylation is 1. The average Bonchev–Trinajstić information content (AvgIpc) is 2.41. The molecule has 0 radical (unpaired) electrons. The van der Waals surface area contributed by atoms with Crippen molar-refractivity contribution >= 4 is 5.91 Å². The Morgan fingerprint density at radius 3 is 2.84 bits per heavy atom. The number of benzene rings is 1. The third-order valence-corrected chi connectivity index (χ3v) is 3.95. The summed E-state index contributed by atoms with van der Waals surface area (Å²) in [7, 11) is 1.63. The average molecular weight is 262 g/mol. The number of carbonyl (C=O) groups excluding carboxylic acids is 1. The quantitative estimate of drug-likeness (QED) is 0.884. The number of piperazine rings is 1. The predicted molar refractivity (Wildman–Crippen MR) is 75.7 cm³/mol. The maximum atomic E-state index is 12.6. The van der Waals surface area contributed by atoms with Crippen LogP contribution in [0.2, 0.25) is 0 Å². The molecule has 1 N–H and O–H groups in total. The van der Waals surface area contributed by atoms with Gasteiger partial charge in [-0.3, -0.25) is 4.79 Å². The van der Waals surface area contributed by atoms with E-state index in [1.54, 1.807) is 7.11 Å². The first kappa shape index (κ1) is 13.9. The van der Waals surface area contributed by atoms with E-state index in [9.17, 15) is 4.79 Å². The summed E-state index contributed by atoms with van der Waals surface area (Å²) in [6.45, 7) is 7.77. The summed E-state index contributed by atoms with van der Waals surface area (Å²) in [6, 6.07) is 6.16. The molecule has 0 bridgehead atoms. The van der Waals surface area contributed by atoms with E-state index >= 15 is 0 Å². The third kappa shape index (κ3) is 2.73. The first-order chi connectivity index (χ1) is 9.04. The number of hydrogen-bond acceptors (Lipinski definition) is 3. The monoisotopic (exact) mass is 262 g/mol. The lowest BCUT2D eigenvalue weighted by Gasteiger charge is -2.38. The molecule has 1 amide bonds. The molecule has 2 atom stereocenters. The van der Waals surface area contributed by atoms with Gasteiger partial charge < -0.3 is 15.0 Å². The van der Waals surface area contributed by atoms with Crippen LogP contribution in [-0.4, -0.2) is 43.1 Å². The van der Waals surface area contributed by atoms with Gasteiger partial charge in [0.1, 0.15) is 5.75 Å². The first-order valence-electron chi connectivity index (χ1n) is 6.73. The molecule has 4 nitrogen and oxygen atoms in total. The van der Waals surface area contributed by atoms with Gasteiger partial charge in [-0.25, -0.2) is 0 Å². The molecule has 19 heavy (non-hydrogen) atoms. The Bertz CT molecular complexity index is 473. The van der Waals surface area contributed by atoms with Gasteiger partial charge in [0, 0.05) is 30.7 Å². The minimum atomic E-state index is 0.0825. The Morgan fingerprint density at radius 1 is 1.42 bits per heavy atom. The zero-order valence-electron chi connectivity index (χ0n) is 12.1. The summed E-state index contributed by atoms with van der Waals surface area (Å²) < 4.78 is 5.29. The molecule has 1 aliphatic heterocycles. The lowest BCUT2D eigenvalue weighted by atomic mass is 10.0. The molecule has 1 aromatic carbocycles. The summed E-state index contributed by atoms with van der Waals surface area (Å²) in [6.07, 6.45) is 0. The number of ether oxygens (including phenoxy) is 1. The smallest absolute Gasteiger partial charge is 0.254 e. The first-order valence-corrected chi connectivity index (χ1v) is 6.73. The predicted octanol–water partition coefficient (Wildman–Crippen LogP) is 1.83. The van der Waals surface area contributed by atoms with Crippen molar-refractivity contribution < 1.29 is 9.53 Å². The molecule has 104 valence electrons. The second-order valence-corrected chi connectivity index (χ2v) is 5.17. The van der Waals surface area contributed by atoms with E-state index in [0.29, 0.717) is 11.6 Å². The molecule has 2 unspecified atom stereocenters. The van der Waals surface area contributed by atoms with Gasteiger partial charge in [0.05, 0.1) is 7.11 Å². The van der Waals surface area contributed by atoms with Gasteiger partial charge >= 0.3 is 0 Å². The molecule has 2 rings (SSSR count). The number of hydrogen-bond donors (Lipinski definition) is 1. The van der Waals surface area contributed by atoms with Crippen LogP contribution in [0.5, 0.6) is 5.75 Å². The molecule has 0 aromatic heterocycles. The Labute approximate surface area is 114 Å². The van der Waals surface area contributed by atoms with Crippen LogP contribution in [0.4, 0.5) is 0 Å². The van der Waals surface area contributed by atoms with Gasteiger partial charge in [0.2, 0.25) is 0 Å². The molecule has 1 saturated heterocycles. The molecule has 0 aliphatic carbocycles. The molecule has 0 saturated carbocycles. The maximum Gasteiger partial charge on any atom is 0.254 e. The molecule has 4 heteroatoms. The van der Waals surface area contributed by atoms with Crippen LogP contribution in [0.15, 0.2) is 18.2 Å². The van der Waals surface area contributed by atoms with E-state index in [1.807, 2.05) is 30.0 Å². The highest BCUT2D eigenvalue weighted by Gasteiger charge is 2.28. The molecule has 1 fully saturated rings. The van der Waals surface area contributed by atoms with Crippen molar-refractivity contribution in [3.05, 3.63) is 29.3 Å². The van der Waals surface area contributed by atoms with Crippen LogP contribution in [0.25, 0.3) is 0 Å². The van der Waals surface area contributed by atoms with E-state index in [1.165, 1.54) is 0 Å². The number of amides is 1. The van der Waals surface area contributed by atoms with Crippen molar-refractivity contribution in [1.82, 2.24) is 10.2 Å². The fraction of sp³-hybridized carbons (Fsp3) is 0.533. The van der Waals surface area contributed by atoms with Gasteiger partial charge in [0.15, 0.2) is 0 Å². The zero-order valence-corrected chi connectivity index (χ0v) is 12.1. The molecule has 1 aliphatic rings. The number of nitrogens with one attached hydrogen (secondary N) is 1. The van der Waals surface area contributed by atoms with Gasteiger partial charge in [-0.2, -0.15) is 0 Å². The lowest BCUT2D eigenvalue weighted by molar-refractivity contribution is 0.0602. The van der Waals surface area contributed by atoms with Gasteiger partial charge in [-0.1, -0.05) is 6.07 Å². The second-order valence-electron chi connectivity index (χ2n) is 5.17. The van der Waals surface area contributed by atoms with Gasteiger partial charge in [-0.15, -0.1) is 0 Å². The molecular formula is C15H22N2O2. The highest BCUT2D eigenvalue weighted by atomic mass is 16.5. The Hall–Kier alpha value is -1.55. The summed E-state index contributed by atoms with van der Waals surface area (Å²) in [5.41, 5.74) is 1.74. The van der Waals surface area contributed by atoms with E-state index in [2.05, 4.69) is 19.2 Å². The van der Waals surface area contributed by atoms with E-state index < -0.39 is 0 Å². The summed E-state index contributed by atoms with van der Waals surface area (Å²) in [5.74, 6) is 0.848. The summed E-state index contributed by atoms with van der Waals surface area (Å²) in [5, 5.41) is 3.38. The minimum absolute atomic E-state index is 0.0825. The Kier molecular flexibility index (Phi) is 4.10. The maximum absolute atomic E-state index is 12.6. The lowest BCUT2D eigenvalue weighted by Crippen LogP contribution is -2.57.